The van der Waals surface area contributed by atoms with Crippen LogP contribution in [0.5, 0.6) is 0 Å². The van der Waals surface area contributed by atoms with Crippen molar-refractivity contribution in [2.24, 2.45) is 0 Å². The molecule has 0 saturated carbocycles. The third kappa shape index (κ3) is 17.4. The highest BCUT2D eigenvalue weighted by molar-refractivity contribution is 4.81. The fraction of sp³-hybridized carbons (Fsp3) is 0.778. The van der Waals surface area contributed by atoms with Crippen LogP contribution in [0.4, 0.5) is 0 Å². The van der Waals surface area contributed by atoms with Crippen molar-refractivity contribution in [3.8, 4) is 0 Å². The first-order valence-corrected chi connectivity index (χ1v) is 8.32. The van der Waals surface area contributed by atoms with Crippen LogP contribution in [0, 0.1) is 0 Å². The van der Waals surface area contributed by atoms with E-state index in [-0.39, 0.29) is 6.61 Å². The normalized spacial score (nSPS) is 11.9. The quantitative estimate of drug-likeness (QED) is 0.311. The molecule has 0 heterocycles. The average Bonchev–Trinajstić information content (AvgIpc) is 2.43. The van der Waals surface area contributed by atoms with Crippen molar-refractivity contribution in [2.75, 3.05) is 6.61 Å². The third-order valence-electron chi connectivity index (χ3n) is 3.40. The van der Waals surface area contributed by atoms with Crippen LogP contribution >= 0.6 is 0 Å². The van der Waals surface area contributed by atoms with Crippen LogP contribution < -0.4 is 0 Å². The van der Waals surface area contributed by atoms with Crippen molar-refractivity contribution in [3.63, 3.8) is 0 Å². The first-order valence-electron chi connectivity index (χ1n) is 8.32. The smallest absolute Gasteiger partial charge is 0.0612 e. The molecule has 0 aliphatic rings. The molecule has 0 saturated heterocycles. The standard InChI is InChI=1S/C18H34O/c1-2-3-4-5-6-7-8-9-10-11-12-13-14-15-16-17-18-19/h5-6,16-17,19H,2-4,7-15,18H2,1H3. The molecule has 1 heteroatoms. The van der Waals surface area contributed by atoms with Crippen LogP contribution in [0.1, 0.15) is 84.0 Å². The zero-order valence-corrected chi connectivity index (χ0v) is 12.9. The van der Waals surface area contributed by atoms with E-state index < -0.39 is 0 Å². The van der Waals surface area contributed by atoms with Gasteiger partial charge in [0.05, 0.1) is 6.61 Å². The zero-order valence-electron chi connectivity index (χ0n) is 12.9. The SMILES string of the molecule is CCCCC=CCCCCCCCCCC=CCO. The van der Waals surface area contributed by atoms with Crippen molar-refractivity contribution < 1.29 is 5.11 Å². The monoisotopic (exact) mass is 266 g/mol. The summed E-state index contributed by atoms with van der Waals surface area (Å²) in [6.45, 7) is 2.43. The highest BCUT2D eigenvalue weighted by Gasteiger charge is 1.90. The van der Waals surface area contributed by atoms with Gasteiger partial charge in [-0.2, -0.15) is 0 Å². The lowest BCUT2D eigenvalue weighted by molar-refractivity contribution is 0.342. The van der Waals surface area contributed by atoms with E-state index in [2.05, 4.69) is 25.2 Å². The minimum atomic E-state index is 0.187. The van der Waals surface area contributed by atoms with Crippen LogP contribution in [0.25, 0.3) is 0 Å². The van der Waals surface area contributed by atoms with Gasteiger partial charge in [-0.1, -0.05) is 76.2 Å². The van der Waals surface area contributed by atoms with E-state index in [1.807, 2.05) is 6.08 Å². The summed E-state index contributed by atoms with van der Waals surface area (Å²) in [5.41, 5.74) is 0. The first kappa shape index (κ1) is 18.4. The lowest BCUT2D eigenvalue weighted by Gasteiger charge is -2.00. The minimum absolute atomic E-state index is 0.187. The Balaban J connectivity index is 3.02. The maximum absolute atomic E-state index is 8.58. The highest BCUT2D eigenvalue weighted by atomic mass is 16.2. The Morgan fingerprint density at radius 1 is 0.579 bits per heavy atom. The van der Waals surface area contributed by atoms with Crippen LogP contribution in [0.2, 0.25) is 0 Å². The van der Waals surface area contributed by atoms with Crippen LogP contribution in [-0.4, -0.2) is 11.7 Å². The van der Waals surface area contributed by atoms with Gasteiger partial charge >= 0.3 is 0 Å². The molecule has 0 unspecified atom stereocenters. The molecule has 0 amide bonds. The molecule has 0 aromatic rings. The Morgan fingerprint density at radius 3 is 1.47 bits per heavy atom. The Kier molecular flexibility index (Phi) is 16.9. The molecular formula is C18H34O. The van der Waals surface area contributed by atoms with Crippen molar-refractivity contribution >= 4 is 0 Å². The molecule has 19 heavy (non-hydrogen) atoms. The summed E-state index contributed by atoms with van der Waals surface area (Å²) in [6.07, 6.45) is 24.5. The summed E-state index contributed by atoms with van der Waals surface area (Å²) in [5, 5.41) is 8.58. The molecule has 0 atom stereocenters. The maximum atomic E-state index is 8.58. The summed E-state index contributed by atoms with van der Waals surface area (Å²) in [5.74, 6) is 0. The van der Waals surface area contributed by atoms with Gasteiger partial charge in [-0.05, 0) is 32.1 Å². The summed E-state index contributed by atoms with van der Waals surface area (Å²) >= 11 is 0. The second kappa shape index (κ2) is 17.4. The zero-order chi connectivity index (χ0) is 14.0. The van der Waals surface area contributed by atoms with Crippen LogP contribution in [-0.2, 0) is 0 Å². The summed E-state index contributed by atoms with van der Waals surface area (Å²) in [4.78, 5) is 0. The minimum Gasteiger partial charge on any atom is -0.392 e. The van der Waals surface area contributed by atoms with Crippen molar-refractivity contribution in [2.45, 2.75) is 84.0 Å². The number of unbranched alkanes of at least 4 members (excludes halogenated alkanes) is 10. The van der Waals surface area contributed by atoms with E-state index in [0.717, 1.165) is 6.42 Å². The molecular weight excluding hydrogens is 232 g/mol. The van der Waals surface area contributed by atoms with Crippen molar-refractivity contribution in [1.29, 1.82) is 0 Å². The highest BCUT2D eigenvalue weighted by Crippen LogP contribution is 2.10. The van der Waals surface area contributed by atoms with E-state index in [4.69, 9.17) is 5.11 Å². The number of hydrogen-bond acceptors (Lipinski definition) is 1. The molecule has 1 nitrogen and oxygen atoms in total. The van der Waals surface area contributed by atoms with Gasteiger partial charge in [0.25, 0.3) is 0 Å². The molecule has 0 aromatic heterocycles. The number of aliphatic hydroxyl groups is 1. The molecule has 0 rings (SSSR count). The van der Waals surface area contributed by atoms with Gasteiger partial charge in [0, 0.05) is 0 Å². The van der Waals surface area contributed by atoms with Gasteiger partial charge in [-0.25, -0.2) is 0 Å². The predicted octanol–water partition coefficient (Wildman–Crippen LogP) is 5.79. The van der Waals surface area contributed by atoms with E-state index in [1.165, 1.54) is 70.6 Å². The van der Waals surface area contributed by atoms with Gasteiger partial charge in [-0.3, -0.25) is 0 Å². The van der Waals surface area contributed by atoms with E-state index >= 15 is 0 Å². The van der Waals surface area contributed by atoms with Gasteiger partial charge < -0.3 is 5.11 Å². The molecule has 0 aliphatic heterocycles. The fourth-order valence-corrected chi connectivity index (χ4v) is 2.16. The lowest BCUT2D eigenvalue weighted by Crippen LogP contribution is -1.80. The molecule has 1 N–H and O–H groups in total. The Bertz CT molecular complexity index is 206. The van der Waals surface area contributed by atoms with E-state index in [0.29, 0.717) is 0 Å². The third-order valence-corrected chi connectivity index (χ3v) is 3.40. The second-order valence-corrected chi connectivity index (χ2v) is 5.32. The molecule has 0 radical (unpaired) electrons. The molecule has 0 bridgehead atoms. The van der Waals surface area contributed by atoms with Gasteiger partial charge in [-0.15, -0.1) is 0 Å². The number of allylic oxidation sites excluding steroid dienone is 3. The summed E-state index contributed by atoms with van der Waals surface area (Å²) in [7, 11) is 0. The maximum Gasteiger partial charge on any atom is 0.0612 e. The van der Waals surface area contributed by atoms with Gasteiger partial charge in [0.2, 0.25) is 0 Å². The van der Waals surface area contributed by atoms with E-state index in [9.17, 15) is 0 Å². The van der Waals surface area contributed by atoms with Crippen LogP contribution in [0.15, 0.2) is 24.3 Å². The Hall–Kier alpha value is -0.560. The Morgan fingerprint density at radius 2 is 1.00 bits per heavy atom. The van der Waals surface area contributed by atoms with Gasteiger partial charge in [0.15, 0.2) is 0 Å². The fourth-order valence-electron chi connectivity index (χ4n) is 2.16. The first-order chi connectivity index (χ1) is 9.41. The molecule has 0 aromatic carbocycles. The topological polar surface area (TPSA) is 20.2 Å². The molecule has 0 fully saturated rings. The summed E-state index contributed by atoms with van der Waals surface area (Å²) in [6, 6.07) is 0. The average molecular weight is 266 g/mol. The largest absolute Gasteiger partial charge is 0.392 e. The van der Waals surface area contributed by atoms with Gasteiger partial charge in [0.1, 0.15) is 0 Å². The number of hydrogen-bond donors (Lipinski definition) is 1. The molecule has 112 valence electrons. The van der Waals surface area contributed by atoms with Crippen molar-refractivity contribution in [3.05, 3.63) is 24.3 Å². The van der Waals surface area contributed by atoms with E-state index in [1.54, 1.807) is 0 Å². The molecule has 0 spiro atoms. The number of aliphatic hydroxyl groups excluding tert-OH is 1. The summed E-state index contributed by atoms with van der Waals surface area (Å²) < 4.78 is 0. The van der Waals surface area contributed by atoms with Crippen molar-refractivity contribution in [1.82, 2.24) is 0 Å². The second-order valence-electron chi connectivity index (χ2n) is 5.32. The number of rotatable bonds is 14. The van der Waals surface area contributed by atoms with Crippen LogP contribution in [0.3, 0.4) is 0 Å². The molecule has 0 aliphatic carbocycles. The lowest BCUT2D eigenvalue weighted by atomic mass is 10.1. The Labute approximate surface area is 120 Å². The predicted molar refractivity (Wildman–Crippen MR) is 86.4 cm³/mol.